The van der Waals surface area contributed by atoms with Crippen LogP contribution in [0.15, 0.2) is 30.3 Å². The van der Waals surface area contributed by atoms with Crippen LogP contribution < -0.4 is 0 Å². The minimum absolute atomic E-state index is 0.440. The summed E-state index contributed by atoms with van der Waals surface area (Å²) in [6.07, 6.45) is 8.29. The average molecular weight is 473 g/mol. The fourth-order valence-corrected chi connectivity index (χ4v) is 1.80. The van der Waals surface area contributed by atoms with E-state index < -0.39 is 0 Å². The molecule has 0 aliphatic heterocycles. The summed E-state index contributed by atoms with van der Waals surface area (Å²) in [5, 5.41) is 0. The second-order valence-corrected chi connectivity index (χ2v) is 16.8. The zero-order valence-electron chi connectivity index (χ0n) is 9.34. The first kappa shape index (κ1) is 15.2. The van der Waals surface area contributed by atoms with E-state index in [0.717, 1.165) is 0 Å². The molecular formula is C13H15I2Ti. The number of hydrogen-bond acceptors (Lipinski definition) is 0. The number of rotatable bonds is 3. The Morgan fingerprint density at radius 2 is 1.81 bits per heavy atom. The van der Waals surface area contributed by atoms with Crippen molar-refractivity contribution in [2.75, 3.05) is 0 Å². The van der Waals surface area contributed by atoms with Gasteiger partial charge in [0.15, 0.2) is 0 Å². The first-order valence-electron chi connectivity index (χ1n) is 5.43. The predicted octanol–water partition coefficient (Wildman–Crippen LogP) is 5.60. The van der Waals surface area contributed by atoms with Gasteiger partial charge in [0.05, 0.1) is 0 Å². The molecule has 0 fully saturated rings. The van der Waals surface area contributed by atoms with Crippen molar-refractivity contribution in [3.63, 3.8) is 0 Å². The van der Waals surface area contributed by atoms with Crippen molar-refractivity contribution >= 4 is 44.5 Å². The molecule has 16 heavy (non-hydrogen) atoms. The molecule has 0 spiro atoms. The van der Waals surface area contributed by atoms with Crippen molar-refractivity contribution in [2.45, 2.75) is 26.2 Å². The molecule has 1 aliphatic carbocycles. The second-order valence-electron chi connectivity index (χ2n) is 3.62. The summed E-state index contributed by atoms with van der Waals surface area (Å²) in [5.74, 6) is 1.51. The fraction of sp³-hybridized carbons (Fsp3) is 0.308. The molecule has 0 amide bonds. The number of fused-ring (bicyclic) bond motifs is 1. The van der Waals surface area contributed by atoms with Crippen LogP contribution in [-0.2, 0) is 11.7 Å². The third-order valence-electron chi connectivity index (χ3n) is 2.57. The van der Waals surface area contributed by atoms with Crippen molar-refractivity contribution in [1.29, 1.82) is 0 Å². The summed E-state index contributed by atoms with van der Waals surface area (Å²) < 4.78 is 0. The summed E-state index contributed by atoms with van der Waals surface area (Å²) >= 11 is 5.24. The van der Waals surface area contributed by atoms with E-state index in [1.807, 2.05) is 0 Å². The molecule has 0 saturated heterocycles. The standard InChI is InChI=1S/C13H15.2HI.Ti/c1-2-3-6-11-9-10-12-7-4-5-8-13(11)12;;;/h4-5,7-10H,2-3,6H2,1H3;2*1H;/q;;;+2/p-2. The number of halogens is 2. The van der Waals surface area contributed by atoms with Crippen molar-refractivity contribution in [3.8, 4) is 0 Å². The van der Waals surface area contributed by atoms with Crippen molar-refractivity contribution in [1.82, 2.24) is 0 Å². The molecule has 1 aliphatic rings. The number of unbranched alkanes of at least 4 members (excludes halogenated alkanes) is 1. The zero-order valence-corrected chi connectivity index (χ0v) is 15.2. The van der Waals surface area contributed by atoms with E-state index in [4.69, 9.17) is 0 Å². The molecule has 0 aromatic heterocycles. The maximum absolute atomic E-state index is 2.40. The fourth-order valence-electron chi connectivity index (χ4n) is 1.80. The van der Waals surface area contributed by atoms with E-state index in [2.05, 4.69) is 81.7 Å². The van der Waals surface area contributed by atoms with E-state index >= 15 is 0 Å². The van der Waals surface area contributed by atoms with Gasteiger partial charge in [0.25, 0.3) is 0 Å². The van der Waals surface area contributed by atoms with Crippen LogP contribution >= 0.6 is 38.4 Å². The molecule has 0 saturated carbocycles. The molecule has 85 valence electrons. The second kappa shape index (κ2) is 9.12. The van der Waals surface area contributed by atoms with Crippen LogP contribution in [0, 0.1) is 5.92 Å². The third-order valence-corrected chi connectivity index (χ3v) is 2.57. The van der Waals surface area contributed by atoms with Crippen LogP contribution in [0.2, 0.25) is 0 Å². The van der Waals surface area contributed by atoms with Gasteiger partial charge in [0.2, 0.25) is 0 Å². The molecule has 0 N–H and O–H groups in total. The summed E-state index contributed by atoms with van der Waals surface area (Å²) in [7, 11) is 0. The summed E-state index contributed by atoms with van der Waals surface area (Å²) in [6, 6.07) is 8.63. The Kier molecular flexibility index (Phi) is 8.66. The first-order chi connectivity index (χ1) is 7.83. The van der Waals surface area contributed by atoms with Gasteiger partial charge in [-0.05, 0) is 17.5 Å². The Balaban J connectivity index is 0.000000386. The van der Waals surface area contributed by atoms with E-state index in [1.165, 1.54) is 36.3 Å². The van der Waals surface area contributed by atoms with Crippen molar-refractivity contribution < 1.29 is 11.7 Å². The summed E-state index contributed by atoms with van der Waals surface area (Å²) in [5.41, 5.74) is 2.82. The molecule has 0 bridgehead atoms. The molecule has 2 rings (SSSR count). The monoisotopic (exact) mass is 473 g/mol. The number of hydrogen-bond donors (Lipinski definition) is 0. The zero-order chi connectivity index (χ0) is 11.8. The van der Waals surface area contributed by atoms with E-state index in [-0.39, 0.29) is 0 Å². The topological polar surface area (TPSA) is 0 Å². The third kappa shape index (κ3) is 4.79. The average Bonchev–Trinajstić information content (AvgIpc) is 2.71. The van der Waals surface area contributed by atoms with Crippen LogP contribution in [0.1, 0.15) is 37.3 Å². The Morgan fingerprint density at radius 3 is 2.50 bits per heavy atom. The molecule has 0 nitrogen and oxygen atoms in total. The Hall–Kier alpha value is 1.13. The van der Waals surface area contributed by atoms with E-state index in [0.29, 0.717) is 11.7 Å². The first-order valence-corrected chi connectivity index (χ1v) is 15.5. The molecule has 0 unspecified atom stereocenters. The SMILES string of the molecule is CCCC[C]1C=Cc2ccccc21.[I][Ti][I]. The van der Waals surface area contributed by atoms with Crippen molar-refractivity contribution in [3.05, 3.63) is 47.4 Å². The Morgan fingerprint density at radius 1 is 1.12 bits per heavy atom. The summed E-state index contributed by atoms with van der Waals surface area (Å²) in [4.78, 5) is 0. The van der Waals surface area contributed by atoms with Crippen LogP contribution in [0.3, 0.4) is 0 Å². The molecule has 0 atom stereocenters. The van der Waals surface area contributed by atoms with Gasteiger partial charge in [0, 0.05) is 5.92 Å². The van der Waals surface area contributed by atoms with Crippen LogP contribution in [-0.4, -0.2) is 0 Å². The van der Waals surface area contributed by atoms with Gasteiger partial charge in [-0.25, -0.2) is 0 Å². The van der Waals surface area contributed by atoms with Gasteiger partial charge in [0.1, 0.15) is 0 Å². The number of allylic oxidation sites excluding steroid dienone is 1. The van der Waals surface area contributed by atoms with Crippen LogP contribution in [0.5, 0.6) is 0 Å². The molecule has 1 aromatic carbocycles. The van der Waals surface area contributed by atoms with Gasteiger partial charge < -0.3 is 0 Å². The minimum atomic E-state index is 0.440. The van der Waals surface area contributed by atoms with Crippen molar-refractivity contribution in [2.24, 2.45) is 0 Å². The molecule has 0 heterocycles. The number of benzene rings is 1. The Labute approximate surface area is 128 Å². The van der Waals surface area contributed by atoms with Gasteiger partial charge in [-0.1, -0.05) is 56.2 Å². The maximum atomic E-state index is 2.40. The molecular weight excluding hydrogens is 458 g/mol. The van der Waals surface area contributed by atoms with Gasteiger partial charge in [-0.15, -0.1) is 0 Å². The molecule has 1 radical (unpaired) electrons. The van der Waals surface area contributed by atoms with E-state index in [9.17, 15) is 0 Å². The predicted molar refractivity (Wildman–Crippen MR) is 85.4 cm³/mol. The summed E-state index contributed by atoms with van der Waals surface area (Å²) in [6.45, 7) is 2.24. The van der Waals surface area contributed by atoms with Crippen LogP contribution in [0.4, 0.5) is 0 Å². The van der Waals surface area contributed by atoms with Gasteiger partial charge in [-0.2, -0.15) is 0 Å². The quantitative estimate of drug-likeness (QED) is 0.397. The Bertz CT molecular complexity index is 336. The molecule has 1 aromatic rings. The van der Waals surface area contributed by atoms with Gasteiger partial charge in [-0.3, -0.25) is 0 Å². The van der Waals surface area contributed by atoms with Gasteiger partial charge >= 0.3 is 50.0 Å². The molecule has 3 heteroatoms. The van der Waals surface area contributed by atoms with Crippen LogP contribution in [0.25, 0.3) is 6.08 Å². The normalized spacial score (nSPS) is 12.9. The van der Waals surface area contributed by atoms with E-state index in [1.54, 1.807) is 0 Å².